The van der Waals surface area contributed by atoms with E-state index in [1.165, 1.54) is 18.3 Å². The summed E-state index contributed by atoms with van der Waals surface area (Å²) < 4.78 is 13.1. The monoisotopic (exact) mass is 191 g/mol. The fourth-order valence-electron chi connectivity index (χ4n) is 1.47. The number of halogens is 1. The highest BCUT2D eigenvalue weighted by atomic mass is 19.1. The second-order valence-corrected chi connectivity index (χ2v) is 3.25. The summed E-state index contributed by atoms with van der Waals surface area (Å²) in [4.78, 5) is 4.11. The molecule has 1 heterocycles. The number of nitrogen functional groups attached to an aromatic ring is 2. The van der Waals surface area contributed by atoms with Gasteiger partial charge in [0.1, 0.15) is 5.82 Å². The van der Waals surface area contributed by atoms with Crippen LogP contribution in [0.15, 0.2) is 18.3 Å². The summed E-state index contributed by atoms with van der Waals surface area (Å²) in [6.07, 6.45) is 1.49. The van der Waals surface area contributed by atoms with E-state index in [0.717, 1.165) is 5.56 Å². The smallest absolute Gasteiger partial charge is 0.124 e. The van der Waals surface area contributed by atoms with Gasteiger partial charge in [0.2, 0.25) is 0 Å². The predicted octanol–water partition coefficient (Wildman–Crippen LogP) is 1.85. The summed E-state index contributed by atoms with van der Waals surface area (Å²) in [7, 11) is 0. The molecule has 72 valence electrons. The average Bonchev–Trinajstić information content (AvgIpc) is 2.12. The number of rotatable bonds is 0. The van der Waals surface area contributed by atoms with Crippen molar-refractivity contribution >= 4 is 22.3 Å². The molecular weight excluding hydrogens is 181 g/mol. The first-order valence-corrected chi connectivity index (χ1v) is 4.19. The third kappa shape index (κ3) is 1.16. The molecule has 1 aromatic carbocycles. The Balaban J connectivity index is 2.95. The number of nitrogens with zero attached hydrogens (tertiary/aromatic N) is 1. The van der Waals surface area contributed by atoms with Gasteiger partial charge in [0.05, 0.1) is 23.1 Å². The molecule has 4 heteroatoms. The van der Waals surface area contributed by atoms with Crippen LogP contribution in [0.1, 0.15) is 5.56 Å². The predicted molar refractivity (Wildman–Crippen MR) is 55.3 cm³/mol. The first kappa shape index (κ1) is 8.74. The van der Waals surface area contributed by atoms with Gasteiger partial charge in [-0.2, -0.15) is 0 Å². The molecule has 0 fully saturated rings. The lowest BCUT2D eigenvalue weighted by Gasteiger charge is -2.06. The number of hydrogen-bond donors (Lipinski definition) is 2. The van der Waals surface area contributed by atoms with Gasteiger partial charge < -0.3 is 11.5 Å². The SMILES string of the molecule is Cc1cc(F)cc2c(N)c(N)cnc12. The maximum absolute atomic E-state index is 13.1. The average molecular weight is 191 g/mol. The van der Waals surface area contributed by atoms with Gasteiger partial charge in [-0.25, -0.2) is 4.39 Å². The van der Waals surface area contributed by atoms with Crippen molar-refractivity contribution in [3.8, 4) is 0 Å². The Morgan fingerprint density at radius 1 is 1.29 bits per heavy atom. The fourth-order valence-corrected chi connectivity index (χ4v) is 1.47. The van der Waals surface area contributed by atoms with Gasteiger partial charge in [-0.1, -0.05) is 0 Å². The molecule has 0 atom stereocenters. The molecule has 0 radical (unpaired) electrons. The number of aryl methyl sites for hydroxylation is 1. The largest absolute Gasteiger partial charge is 0.396 e. The third-order valence-electron chi connectivity index (χ3n) is 2.20. The van der Waals surface area contributed by atoms with E-state index < -0.39 is 0 Å². The maximum Gasteiger partial charge on any atom is 0.124 e. The Kier molecular flexibility index (Phi) is 1.77. The van der Waals surface area contributed by atoms with Crippen LogP contribution < -0.4 is 11.5 Å². The summed E-state index contributed by atoms with van der Waals surface area (Å²) in [5.74, 6) is -0.325. The lowest BCUT2D eigenvalue weighted by atomic mass is 10.1. The Morgan fingerprint density at radius 2 is 2.00 bits per heavy atom. The van der Waals surface area contributed by atoms with Crippen molar-refractivity contribution in [1.29, 1.82) is 0 Å². The minimum absolute atomic E-state index is 0.325. The van der Waals surface area contributed by atoms with E-state index in [4.69, 9.17) is 11.5 Å². The molecule has 0 spiro atoms. The first-order chi connectivity index (χ1) is 6.59. The number of hydrogen-bond acceptors (Lipinski definition) is 3. The highest BCUT2D eigenvalue weighted by molar-refractivity contribution is 5.96. The Morgan fingerprint density at radius 3 is 2.71 bits per heavy atom. The molecule has 0 saturated heterocycles. The molecule has 1 aromatic heterocycles. The number of fused-ring (bicyclic) bond motifs is 1. The van der Waals surface area contributed by atoms with E-state index in [1.807, 2.05) is 0 Å². The van der Waals surface area contributed by atoms with Crippen molar-refractivity contribution in [1.82, 2.24) is 4.98 Å². The molecule has 0 amide bonds. The van der Waals surface area contributed by atoms with Gasteiger partial charge in [0.15, 0.2) is 0 Å². The lowest BCUT2D eigenvalue weighted by molar-refractivity contribution is 0.628. The summed E-state index contributed by atoms with van der Waals surface area (Å²) in [5.41, 5.74) is 13.5. The summed E-state index contributed by atoms with van der Waals surface area (Å²) in [6.45, 7) is 1.79. The van der Waals surface area contributed by atoms with Crippen LogP contribution in [-0.4, -0.2) is 4.98 Å². The molecular formula is C10H10FN3. The summed E-state index contributed by atoms with van der Waals surface area (Å²) in [6, 6.07) is 2.77. The van der Waals surface area contributed by atoms with Crippen molar-refractivity contribution < 1.29 is 4.39 Å². The Hall–Kier alpha value is -1.84. The zero-order valence-corrected chi connectivity index (χ0v) is 7.71. The fraction of sp³-hybridized carbons (Fsp3) is 0.100. The van der Waals surface area contributed by atoms with E-state index in [-0.39, 0.29) is 5.82 Å². The van der Waals surface area contributed by atoms with Crippen LogP contribution in [0.3, 0.4) is 0 Å². The molecule has 0 unspecified atom stereocenters. The topological polar surface area (TPSA) is 64.9 Å². The molecule has 0 aliphatic carbocycles. The first-order valence-electron chi connectivity index (χ1n) is 4.19. The number of benzene rings is 1. The second kappa shape index (κ2) is 2.83. The van der Waals surface area contributed by atoms with E-state index in [9.17, 15) is 4.39 Å². The van der Waals surface area contributed by atoms with Gasteiger partial charge in [-0.3, -0.25) is 4.98 Å². The van der Waals surface area contributed by atoms with Crippen LogP contribution in [0.25, 0.3) is 10.9 Å². The summed E-state index contributed by atoms with van der Waals surface area (Å²) >= 11 is 0. The van der Waals surface area contributed by atoms with Crippen molar-refractivity contribution in [2.24, 2.45) is 0 Å². The van der Waals surface area contributed by atoms with Gasteiger partial charge >= 0.3 is 0 Å². The van der Waals surface area contributed by atoms with Crippen molar-refractivity contribution in [3.05, 3.63) is 29.7 Å². The second-order valence-electron chi connectivity index (χ2n) is 3.25. The van der Waals surface area contributed by atoms with Crippen LogP contribution in [0.2, 0.25) is 0 Å². The summed E-state index contributed by atoms with van der Waals surface area (Å²) in [5, 5.41) is 0.572. The number of nitrogens with two attached hydrogens (primary N) is 2. The normalized spacial score (nSPS) is 10.7. The highest BCUT2D eigenvalue weighted by Crippen LogP contribution is 2.27. The van der Waals surface area contributed by atoms with Gasteiger partial charge in [0, 0.05) is 5.39 Å². The standard InChI is InChI=1S/C10H10FN3/c1-5-2-6(11)3-7-9(13)8(12)4-14-10(5)7/h2-4H,12H2,1H3,(H2,13,14). The number of anilines is 2. The molecule has 0 aliphatic heterocycles. The van der Waals surface area contributed by atoms with E-state index in [2.05, 4.69) is 4.98 Å². The molecule has 0 aliphatic rings. The zero-order valence-electron chi connectivity index (χ0n) is 7.71. The van der Waals surface area contributed by atoms with Gasteiger partial charge in [-0.15, -0.1) is 0 Å². The molecule has 3 nitrogen and oxygen atoms in total. The number of aromatic nitrogens is 1. The van der Waals surface area contributed by atoms with Crippen LogP contribution in [-0.2, 0) is 0 Å². The Labute approximate surface area is 80.5 Å². The van der Waals surface area contributed by atoms with Gasteiger partial charge in [-0.05, 0) is 24.6 Å². The molecule has 4 N–H and O–H groups in total. The molecule has 0 saturated carbocycles. The van der Waals surface area contributed by atoms with Crippen LogP contribution in [0.5, 0.6) is 0 Å². The van der Waals surface area contributed by atoms with Crippen LogP contribution >= 0.6 is 0 Å². The molecule has 0 bridgehead atoms. The van der Waals surface area contributed by atoms with Crippen molar-refractivity contribution in [3.63, 3.8) is 0 Å². The minimum Gasteiger partial charge on any atom is -0.396 e. The molecule has 2 rings (SSSR count). The van der Waals surface area contributed by atoms with E-state index >= 15 is 0 Å². The van der Waals surface area contributed by atoms with Gasteiger partial charge in [0.25, 0.3) is 0 Å². The number of pyridine rings is 1. The quantitative estimate of drug-likeness (QED) is 0.667. The van der Waals surface area contributed by atoms with Crippen LogP contribution in [0, 0.1) is 12.7 Å². The van der Waals surface area contributed by atoms with Crippen molar-refractivity contribution in [2.45, 2.75) is 6.92 Å². The van der Waals surface area contributed by atoms with Crippen molar-refractivity contribution in [2.75, 3.05) is 11.5 Å². The third-order valence-corrected chi connectivity index (χ3v) is 2.20. The van der Waals surface area contributed by atoms with E-state index in [0.29, 0.717) is 22.3 Å². The van der Waals surface area contributed by atoms with Crippen LogP contribution in [0.4, 0.5) is 15.8 Å². The lowest BCUT2D eigenvalue weighted by Crippen LogP contribution is -1.98. The van der Waals surface area contributed by atoms with E-state index in [1.54, 1.807) is 6.92 Å². The highest BCUT2D eigenvalue weighted by Gasteiger charge is 2.07. The Bertz CT molecular complexity index is 508. The maximum atomic E-state index is 13.1. The molecule has 14 heavy (non-hydrogen) atoms. The minimum atomic E-state index is -0.325. The molecule has 2 aromatic rings. The zero-order chi connectivity index (χ0) is 10.3.